The summed E-state index contributed by atoms with van der Waals surface area (Å²) in [6.45, 7) is 3.75. The van der Waals surface area contributed by atoms with Crippen LogP contribution in [0.4, 0.5) is 22.0 Å². The van der Waals surface area contributed by atoms with Gasteiger partial charge in [-0.2, -0.15) is 0 Å². The molecule has 1 aromatic carbocycles. The number of benzene rings is 1. The highest BCUT2D eigenvalue weighted by molar-refractivity contribution is 6.31. The second kappa shape index (κ2) is 9.16. The van der Waals surface area contributed by atoms with Crippen molar-refractivity contribution in [2.45, 2.75) is 19.9 Å². The molecule has 0 aliphatic heterocycles. The van der Waals surface area contributed by atoms with Crippen molar-refractivity contribution in [2.75, 3.05) is 10.6 Å². The zero-order valence-electron chi connectivity index (χ0n) is 16.0. The van der Waals surface area contributed by atoms with Gasteiger partial charge in [-0.15, -0.1) is 0 Å². The van der Waals surface area contributed by atoms with Crippen molar-refractivity contribution in [3.05, 3.63) is 76.7 Å². The van der Waals surface area contributed by atoms with Gasteiger partial charge in [0.2, 0.25) is 0 Å². The van der Waals surface area contributed by atoms with E-state index in [0.717, 1.165) is 16.9 Å². The van der Waals surface area contributed by atoms with Crippen molar-refractivity contribution in [1.29, 1.82) is 5.41 Å². The van der Waals surface area contributed by atoms with E-state index in [1.807, 2.05) is 44.2 Å². The molecule has 3 rings (SSSR count). The SMILES string of the molecule is Cc1cc(Nc2cnc(NC(=O)NC(C)c3ccccc3Cl)cc2C=N)ccn1. The number of halogens is 1. The molecule has 1 atom stereocenters. The summed E-state index contributed by atoms with van der Waals surface area (Å²) >= 11 is 6.18. The molecule has 2 aromatic heterocycles. The lowest BCUT2D eigenvalue weighted by molar-refractivity contribution is 0.249. The van der Waals surface area contributed by atoms with Crippen LogP contribution in [0.5, 0.6) is 0 Å². The quantitative estimate of drug-likeness (QED) is 0.428. The third-order valence-corrected chi connectivity index (χ3v) is 4.57. The van der Waals surface area contributed by atoms with E-state index in [4.69, 9.17) is 17.0 Å². The summed E-state index contributed by atoms with van der Waals surface area (Å²) in [4.78, 5) is 20.8. The molecule has 1 unspecified atom stereocenters. The first-order chi connectivity index (χ1) is 14.0. The van der Waals surface area contributed by atoms with E-state index < -0.39 is 6.03 Å². The van der Waals surface area contributed by atoms with Gasteiger partial charge in [0.05, 0.1) is 17.9 Å². The fraction of sp³-hybridized carbons (Fsp3) is 0.143. The van der Waals surface area contributed by atoms with Gasteiger partial charge in [0.1, 0.15) is 5.82 Å². The van der Waals surface area contributed by atoms with Crippen LogP contribution in [0.3, 0.4) is 0 Å². The molecule has 2 amide bonds. The number of amides is 2. The van der Waals surface area contributed by atoms with Crippen LogP contribution in [0.2, 0.25) is 5.02 Å². The minimum atomic E-state index is -0.411. The number of aromatic nitrogens is 2. The molecular formula is C21H21ClN6O. The zero-order valence-corrected chi connectivity index (χ0v) is 16.8. The monoisotopic (exact) mass is 408 g/mol. The molecule has 0 bridgehead atoms. The number of carbonyl (C=O) groups excluding carboxylic acids is 1. The Kier molecular flexibility index (Phi) is 6.41. The van der Waals surface area contributed by atoms with Crippen LogP contribution in [0.1, 0.15) is 29.8 Å². The van der Waals surface area contributed by atoms with Crippen LogP contribution in [-0.2, 0) is 0 Å². The summed E-state index contributed by atoms with van der Waals surface area (Å²) < 4.78 is 0. The van der Waals surface area contributed by atoms with E-state index in [-0.39, 0.29) is 6.04 Å². The molecule has 0 aliphatic carbocycles. The second-order valence-corrected chi connectivity index (χ2v) is 6.86. The minimum Gasteiger partial charge on any atom is -0.354 e. The van der Waals surface area contributed by atoms with E-state index in [1.54, 1.807) is 24.5 Å². The predicted molar refractivity (Wildman–Crippen MR) is 116 cm³/mol. The lowest BCUT2D eigenvalue weighted by Gasteiger charge is -2.16. The third kappa shape index (κ3) is 5.30. The minimum absolute atomic E-state index is 0.276. The van der Waals surface area contributed by atoms with Gasteiger partial charge < -0.3 is 16.0 Å². The molecule has 0 radical (unpaired) electrons. The summed E-state index contributed by atoms with van der Waals surface area (Å²) in [7, 11) is 0. The molecule has 148 valence electrons. The highest BCUT2D eigenvalue weighted by atomic mass is 35.5. The molecule has 7 nitrogen and oxygen atoms in total. The van der Waals surface area contributed by atoms with Crippen LogP contribution >= 0.6 is 11.6 Å². The standard InChI is InChI=1S/C21H21ClN6O/c1-13-9-16(7-8-24-13)27-19-12-25-20(10-15(19)11-23)28-21(29)26-14(2)17-5-3-4-6-18(17)22/h3-12,14,23H,1-2H3,(H,24,27)(H2,25,26,28,29). The van der Waals surface area contributed by atoms with E-state index in [9.17, 15) is 4.79 Å². The van der Waals surface area contributed by atoms with Crippen LogP contribution in [-0.4, -0.2) is 22.2 Å². The molecular weight excluding hydrogens is 388 g/mol. The Balaban J connectivity index is 1.69. The predicted octanol–water partition coefficient (Wildman–Crippen LogP) is 5.06. The maximum absolute atomic E-state index is 12.3. The van der Waals surface area contributed by atoms with Crippen molar-refractivity contribution in [3.63, 3.8) is 0 Å². The first-order valence-electron chi connectivity index (χ1n) is 8.98. The number of carbonyl (C=O) groups is 1. The molecule has 0 fully saturated rings. The summed E-state index contributed by atoms with van der Waals surface area (Å²) in [6.07, 6.45) is 4.48. The van der Waals surface area contributed by atoms with Gasteiger partial charge in [0.15, 0.2) is 0 Å². The second-order valence-electron chi connectivity index (χ2n) is 6.45. The number of pyridine rings is 2. The summed E-state index contributed by atoms with van der Waals surface area (Å²) in [6, 6.07) is 12.0. The first-order valence-corrected chi connectivity index (χ1v) is 9.36. The Morgan fingerprint density at radius 3 is 2.72 bits per heavy atom. The third-order valence-electron chi connectivity index (χ3n) is 4.23. The molecule has 0 saturated heterocycles. The van der Waals surface area contributed by atoms with Gasteiger partial charge in [-0.1, -0.05) is 29.8 Å². The molecule has 0 spiro atoms. The lowest BCUT2D eigenvalue weighted by atomic mass is 10.1. The van der Waals surface area contributed by atoms with Gasteiger partial charge in [-0.25, -0.2) is 9.78 Å². The van der Waals surface area contributed by atoms with E-state index in [0.29, 0.717) is 22.1 Å². The average Bonchev–Trinajstić information content (AvgIpc) is 2.69. The summed E-state index contributed by atoms with van der Waals surface area (Å²) in [5.41, 5.74) is 3.78. The lowest BCUT2D eigenvalue weighted by Crippen LogP contribution is -2.31. The molecule has 2 heterocycles. The summed E-state index contributed by atoms with van der Waals surface area (Å²) in [5, 5.41) is 17.0. The molecule has 3 aromatic rings. The number of nitrogens with one attached hydrogen (secondary N) is 4. The highest BCUT2D eigenvalue weighted by Gasteiger charge is 2.13. The summed E-state index contributed by atoms with van der Waals surface area (Å²) in [5.74, 6) is 0.337. The van der Waals surface area contributed by atoms with Crippen molar-refractivity contribution in [1.82, 2.24) is 15.3 Å². The van der Waals surface area contributed by atoms with Crippen LogP contribution in [0, 0.1) is 12.3 Å². The number of anilines is 3. The molecule has 8 heteroatoms. The van der Waals surface area contributed by atoms with Crippen molar-refractivity contribution in [2.24, 2.45) is 0 Å². The topological polar surface area (TPSA) is 103 Å². The average molecular weight is 409 g/mol. The van der Waals surface area contributed by atoms with Gasteiger partial charge >= 0.3 is 6.03 Å². The Bertz CT molecular complexity index is 1040. The van der Waals surface area contributed by atoms with Crippen LogP contribution < -0.4 is 16.0 Å². The number of nitrogens with zero attached hydrogens (tertiary/aromatic N) is 2. The molecule has 4 N–H and O–H groups in total. The normalized spacial score (nSPS) is 11.4. The highest BCUT2D eigenvalue weighted by Crippen LogP contribution is 2.23. The molecule has 0 saturated carbocycles. The van der Waals surface area contributed by atoms with Crippen molar-refractivity contribution >= 4 is 41.0 Å². The number of hydrogen-bond donors (Lipinski definition) is 4. The zero-order chi connectivity index (χ0) is 20.8. The maximum atomic E-state index is 12.3. The Morgan fingerprint density at radius 1 is 1.21 bits per heavy atom. The fourth-order valence-electron chi connectivity index (χ4n) is 2.80. The molecule has 0 aliphatic rings. The Labute approximate surface area is 174 Å². The van der Waals surface area contributed by atoms with E-state index in [2.05, 4.69) is 25.9 Å². The Hall–Kier alpha value is -3.45. The Morgan fingerprint density at radius 2 is 2.00 bits per heavy atom. The van der Waals surface area contributed by atoms with Crippen molar-refractivity contribution in [3.8, 4) is 0 Å². The number of rotatable bonds is 6. The fourth-order valence-corrected chi connectivity index (χ4v) is 3.09. The van der Waals surface area contributed by atoms with Gasteiger partial charge in [-0.3, -0.25) is 10.3 Å². The van der Waals surface area contributed by atoms with Crippen LogP contribution in [0.25, 0.3) is 0 Å². The number of urea groups is 1. The van der Waals surface area contributed by atoms with Gasteiger partial charge in [0, 0.05) is 34.4 Å². The van der Waals surface area contributed by atoms with E-state index >= 15 is 0 Å². The molecule has 29 heavy (non-hydrogen) atoms. The van der Waals surface area contributed by atoms with Crippen LogP contribution in [0.15, 0.2) is 54.9 Å². The van der Waals surface area contributed by atoms with Gasteiger partial charge in [0.25, 0.3) is 0 Å². The largest absolute Gasteiger partial charge is 0.354 e. The number of aryl methyl sites for hydroxylation is 1. The van der Waals surface area contributed by atoms with Gasteiger partial charge in [-0.05, 0) is 43.7 Å². The maximum Gasteiger partial charge on any atom is 0.320 e. The smallest absolute Gasteiger partial charge is 0.320 e. The number of hydrogen-bond acceptors (Lipinski definition) is 5. The van der Waals surface area contributed by atoms with E-state index in [1.165, 1.54) is 6.21 Å². The van der Waals surface area contributed by atoms with Crippen molar-refractivity contribution < 1.29 is 4.79 Å². The first kappa shape index (κ1) is 20.3.